The monoisotopic (exact) mass is 285 g/mol. The van der Waals surface area contributed by atoms with E-state index in [9.17, 15) is 0 Å². The molecule has 1 aromatic carbocycles. The van der Waals surface area contributed by atoms with Gasteiger partial charge in [0.1, 0.15) is 5.82 Å². The maximum Gasteiger partial charge on any atom is 0.108 e. The maximum atomic E-state index is 4.47. The van der Waals surface area contributed by atoms with Crippen LogP contribution in [0.15, 0.2) is 36.7 Å². The molecule has 0 fully saturated rings. The topological polar surface area (TPSA) is 29.9 Å². The van der Waals surface area contributed by atoms with E-state index >= 15 is 0 Å². The van der Waals surface area contributed by atoms with E-state index in [1.165, 1.54) is 23.4 Å². The fourth-order valence-corrected chi connectivity index (χ4v) is 2.60. The van der Waals surface area contributed by atoms with E-state index in [1.807, 2.05) is 6.20 Å². The third-order valence-corrected chi connectivity index (χ3v) is 3.73. The summed E-state index contributed by atoms with van der Waals surface area (Å²) >= 11 is 0. The van der Waals surface area contributed by atoms with Crippen LogP contribution in [0, 0.1) is 0 Å². The molecule has 0 aliphatic rings. The molecule has 1 aromatic heterocycles. The molecule has 0 spiro atoms. The van der Waals surface area contributed by atoms with Crippen molar-refractivity contribution in [1.82, 2.24) is 14.9 Å². The molecule has 0 radical (unpaired) electrons. The van der Waals surface area contributed by atoms with E-state index in [2.05, 4.69) is 59.2 Å². The summed E-state index contributed by atoms with van der Waals surface area (Å²) in [5.41, 5.74) is 2.85. The molecule has 2 aromatic rings. The predicted molar refractivity (Wildman–Crippen MR) is 88.6 cm³/mol. The van der Waals surface area contributed by atoms with Crippen LogP contribution in [0.1, 0.15) is 43.6 Å². The average Bonchev–Trinajstić information content (AvgIpc) is 2.93. The zero-order chi connectivity index (χ0) is 14.9. The molecule has 2 rings (SSSR count). The minimum absolute atomic E-state index is 0.930. The highest BCUT2D eigenvalue weighted by Gasteiger charge is 2.06. The fraction of sp³-hybridized carbons (Fsp3) is 0.500. The smallest absolute Gasteiger partial charge is 0.108 e. The van der Waals surface area contributed by atoms with Gasteiger partial charge >= 0.3 is 0 Å². The Hall–Kier alpha value is -1.61. The van der Waals surface area contributed by atoms with Gasteiger partial charge in [-0.1, -0.05) is 38.1 Å². The van der Waals surface area contributed by atoms with Gasteiger partial charge in [0.15, 0.2) is 0 Å². The van der Waals surface area contributed by atoms with Gasteiger partial charge in [-0.15, -0.1) is 0 Å². The Kier molecular flexibility index (Phi) is 6.48. The highest BCUT2D eigenvalue weighted by atomic mass is 15.1. The van der Waals surface area contributed by atoms with Crippen LogP contribution in [0.4, 0.5) is 0 Å². The molecule has 1 N–H and O–H groups in total. The van der Waals surface area contributed by atoms with Gasteiger partial charge < -0.3 is 9.88 Å². The van der Waals surface area contributed by atoms with E-state index in [0.29, 0.717) is 0 Å². The standard InChI is InChI=1S/C18H27N3/c1-3-7-18-20-13-14-21(18)15-17-9-6-5-8-16(17)10-12-19-11-4-2/h5-6,8-9,13-14,19H,3-4,7,10-12,15H2,1-2H3. The van der Waals surface area contributed by atoms with Crippen molar-refractivity contribution in [2.45, 2.75) is 46.1 Å². The largest absolute Gasteiger partial charge is 0.331 e. The lowest BCUT2D eigenvalue weighted by Crippen LogP contribution is -2.18. The van der Waals surface area contributed by atoms with E-state index in [4.69, 9.17) is 0 Å². The highest BCUT2D eigenvalue weighted by molar-refractivity contribution is 5.28. The lowest BCUT2D eigenvalue weighted by atomic mass is 10.0. The first kappa shape index (κ1) is 15.8. The SMILES string of the molecule is CCCNCCc1ccccc1Cn1ccnc1CCC. The zero-order valence-corrected chi connectivity index (χ0v) is 13.3. The first-order chi connectivity index (χ1) is 10.3. The third-order valence-electron chi connectivity index (χ3n) is 3.73. The van der Waals surface area contributed by atoms with Crippen molar-refractivity contribution in [3.63, 3.8) is 0 Å². The van der Waals surface area contributed by atoms with E-state index in [1.54, 1.807) is 0 Å². The summed E-state index contributed by atoms with van der Waals surface area (Å²) in [4.78, 5) is 4.47. The number of benzene rings is 1. The van der Waals surface area contributed by atoms with Gasteiger partial charge in [0.2, 0.25) is 0 Å². The lowest BCUT2D eigenvalue weighted by Gasteiger charge is -2.12. The summed E-state index contributed by atoms with van der Waals surface area (Å²) < 4.78 is 2.28. The molecule has 0 saturated carbocycles. The van der Waals surface area contributed by atoms with Gasteiger partial charge in [0.05, 0.1) is 0 Å². The summed E-state index contributed by atoms with van der Waals surface area (Å²) in [6, 6.07) is 8.76. The second-order valence-electron chi connectivity index (χ2n) is 5.49. The second-order valence-corrected chi connectivity index (χ2v) is 5.49. The molecule has 0 aliphatic carbocycles. The van der Waals surface area contributed by atoms with Crippen LogP contribution in [0.25, 0.3) is 0 Å². The first-order valence-electron chi connectivity index (χ1n) is 8.12. The van der Waals surface area contributed by atoms with Gasteiger partial charge in [-0.25, -0.2) is 4.98 Å². The molecule has 0 saturated heterocycles. The Morgan fingerprint density at radius 1 is 1.00 bits per heavy atom. The van der Waals surface area contributed by atoms with Gasteiger partial charge in [-0.3, -0.25) is 0 Å². The van der Waals surface area contributed by atoms with Crippen LogP contribution in [0.2, 0.25) is 0 Å². The van der Waals surface area contributed by atoms with Crippen LogP contribution >= 0.6 is 0 Å². The normalized spacial score (nSPS) is 11.0. The van der Waals surface area contributed by atoms with Crippen LogP contribution < -0.4 is 5.32 Å². The maximum absolute atomic E-state index is 4.47. The second kappa shape index (κ2) is 8.63. The van der Waals surface area contributed by atoms with Crippen LogP contribution in [-0.4, -0.2) is 22.6 Å². The molecule has 0 aliphatic heterocycles. The van der Waals surface area contributed by atoms with Crippen LogP contribution in [-0.2, 0) is 19.4 Å². The van der Waals surface area contributed by atoms with Gasteiger partial charge in [-0.05, 0) is 43.5 Å². The first-order valence-corrected chi connectivity index (χ1v) is 8.12. The Bertz CT molecular complexity index is 531. The van der Waals surface area contributed by atoms with Crippen molar-refractivity contribution in [3.8, 4) is 0 Å². The van der Waals surface area contributed by atoms with E-state index in [0.717, 1.165) is 38.9 Å². The number of hydrogen-bond acceptors (Lipinski definition) is 2. The number of nitrogens with one attached hydrogen (secondary N) is 1. The Morgan fingerprint density at radius 2 is 1.81 bits per heavy atom. The molecular weight excluding hydrogens is 258 g/mol. The molecule has 0 bridgehead atoms. The Balaban J connectivity index is 2.03. The van der Waals surface area contributed by atoms with E-state index < -0.39 is 0 Å². The van der Waals surface area contributed by atoms with Crippen molar-refractivity contribution >= 4 is 0 Å². The van der Waals surface area contributed by atoms with Crippen molar-refractivity contribution in [2.75, 3.05) is 13.1 Å². The quantitative estimate of drug-likeness (QED) is 0.715. The number of aromatic nitrogens is 2. The number of imidazole rings is 1. The number of rotatable bonds is 9. The lowest BCUT2D eigenvalue weighted by molar-refractivity contribution is 0.662. The minimum atomic E-state index is 0.930. The van der Waals surface area contributed by atoms with Crippen LogP contribution in [0.3, 0.4) is 0 Å². The molecular formula is C18H27N3. The number of nitrogens with zero attached hydrogens (tertiary/aromatic N) is 2. The fourth-order valence-electron chi connectivity index (χ4n) is 2.60. The molecule has 0 amide bonds. The summed E-state index contributed by atoms with van der Waals surface area (Å²) in [6.07, 6.45) is 8.48. The molecule has 3 heteroatoms. The van der Waals surface area contributed by atoms with Crippen molar-refractivity contribution in [1.29, 1.82) is 0 Å². The van der Waals surface area contributed by atoms with Gasteiger partial charge in [0.25, 0.3) is 0 Å². The number of aryl methyl sites for hydroxylation is 1. The molecule has 21 heavy (non-hydrogen) atoms. The Labute approximate surface area is 128 Å². The summed E-state index contributed by atoms with van der Waals surface area (Å²) in [7, 11) is 0. The molecule has 1 heterocycles. The van der Waals surface area contributed by atoms with Crippen molar-refractivity contribution in [3.05, 3.63) is 53.6 Å². The van der Waals surface area contributed by atoms with E-state index in [-0.39, 0.29) is 0 Å². The Morgan fingerprint density at radius 3 is 2.57 bits per heavy atom. The summed E-state index contributed by atoms with van der Waals surface area (Å²) in [5, 5.41) is 3.48. The minimum Gasteiger partial charge on any atom is -0.331 e. The predicted octanol–water partition coefficient (Wildman–Crippen LogP) is 3.43. The number of hydrogen-bond donors (Lipinski definition) is 1. The van der Waals surface area contributed by atoms with Gasteiger partial charge in [0, 0.05) is 25.4 Å². The third kappa shape index (κ3) is 4.71. The summed E-state index contributed by atoms with van der Waals surface area (Å²) in [5.74, 6) is 1.19. The molecule has 114 valence electrons. The summed E-state index contributed by atoms with van der Waals surface area (Å²) in [6.45, 7) is 7.49. The molecule has 0 unspecified atom stereocenters. The highest BCUT2D eigenvalue weighted by Crippen LogP contribution is 2.13. The molecule has 3 nitrogen and oxygen atoms in total. The van der Waals surface area contributed by atoms with Gasteiger partial charge in [-0.2, -0.15) is 0 Å². The average molecular weight is 285 g/mol. The van der Waals surface area contributed by atoms with Crippen LogP contribution in [0.5, 0.6) is 0 Å². The zero-order valence-electron chi connectivity index (χ0n) is 13.3. The van der Waals surface area contributed by atoms with Crippen molar-refractivity contribution < 1.29 is 0 Å². The van der Waals surface area contributed by atoms with Crippen molar-refractivity contribution in [2.24, 2.45) is 0 Å². The molecule has 0 atom stereocenters.